The first-order chi connectivity index (χ1) is 13.7. The van der Waals surface area contributed by atoms with Crippen LogP contribution in [-0.4, -0.2) is 28.9 Å². The number of pyridine rings is 1. The summed E-state index contributed by atoms with van der Waals surface area (Å²) in [6, 6.07) is 13.8. The van der Waals surface area contributed by atoms with Gasteiger partial charge in [-0.05, 0) is 61.9 Å². The van der Waals surface area contributed by atoms with E-state index in [1.165, 1.54) is 12.8 Å². The van der Waals surface area contributed by atoms with Crippen LogP contribution in [0.25, 0.3) is 0 Å². The van der Waals surface area contributed by atoms with E-state index in [1.54, 1.807) is 24.4 Å². The Bertz CT molecular complexity index is 838. The second kappa shape index (κ2) is 11.3. The van der Waals surface area contributed by atoms with Crippen LogP contribution in [0.5, 0.6) is 0 Å². The summed E-state index contributed by atoms with van der Waals surface area (Å²) in [7, 11) is 0. The Hall–Kier alpha value is -2.15. The Morgan fingerprint density at radius 1 is 1.03 bits per heavy atom. The summed E-state index contributed by atoms with van der Waals surface area (Å²) >= 11 is 0. The van der Waals surface area contributed by atoms with E-state index in [9.17, 15) is 9.59 Å². The highest BCUT2D eigenvalue weighted by Gasteiger charge is 2.34. The molecule has 162 valence electrons. The van der Waals surface area contributed by atoms with Crippen LogP contribution in [0.1, 0.15) is 48.2 Å². The van der Waals surface area contributed by atoms with Gasteiger partial charge in [0.2, 0.25) is 5.91 Å². The molecule has 0 aliphatic carbocycles. The number of hydrogen-bond acceptors (Lipinski definition) is 4. The fourth-order valence-corrected chi connectivity index (χ4v) is 4.33. The monoisotopic (exact) mass is 450 g/mol. The zero-order chi connectivity index (χ0) is 19.3. The molecule has 1 aromatic carbocycles. The topological polar surface area (TPSA) is 83.1 Å². The maximum absolute atomic E-state index is 12.5. The molecule has 1 aromatic heterocycles. The first-order valence-electron chi connectivity index (χ1n) is 10.00. The molecular weight excluding hydrogens is 423 g/mol. The van der Waals surface area contributed by atoms with Crippen molar-refractivity contribution in [2.45, 2.75) is 50.7 Å². The molecule has 8 heteroatoms. The molecule has 3 N–H and O–H groups in total. The lowest BCUT2D eigenvalue weighted by Gasteiger charge is -2.28. The summed E-state index contributed by atoms with van der Waals surface area (Å²) in [6.45, 7) is 0.369. The van der Waals surface area contributed by atoms with Gasteiger partial charge >= 0.3 is 0 Å². The SMILES string of the molecule is Cl.Cl.O=C(CC1CC2CCC(C1)N2)Nc1cccc(C(=O)NCc2ccccn2)c1. The summed E-state index contributed by atoms with van der Waals surface area (Å²) in [4.78, 5) is 29.1. The van der Waals surface area contributed by atoms with Crippen LogP contribution < -0.4 is 16.0 Å². The molecule has 2 atom stereocenters. The van der Waals surface area contributed by atoms with E-state index < -0.39 is 0 Å². The Balaban J connectivity index is 0.00000160. The maximum atomic E-state index is 12.5. The van der Waals surface area contributed by atoms with E-state index >= 15 is 0 Å². The number of anilines is 1. The number of benzene rings is 1. The highest BCUT2D eigenvalue weighted by Crippen LogP contribution is 2.32. The summed E-state index contributed by atoms with van der Waals surface area (Å²) in [5.74, 6) is 0.289. The van der Waals surface area contributed by atoms with Crippen LogP contribution in [0.15, 0.2) is 48.7 Å². The normalized spacial score (nSPS) is 21.7. The van der Waals surface area contributed by atoms with Crippen molar-refractivity contribution in [1.82, 2.24) is 15.6 Å². The maximum Gasteiger partial charge on any atom is 0.251 e. The predicted molar refractivity (Wildman–Crippen MR) is 122 cm³/mol. The molecule has 0 spiro atoms. The third-order valence-corrected chi connectivity index (χ3v) is 5.61. The molecule has 2 fully saturated rings. The van der Waals surface area contributed by atoms with Gasteiger partial charge in [0.15, 0.2) is 0 Å². The van der Waals surface area contributed by atoms with Crippen LogP contribution in [0.4, 0.5) is 5.69 Å². The highest BCUT2D eigenvalue weighted by atomic mass is 35.5. The van der Waals surface area contributed by atoms with Crippen molar-refractivity contribution < 1.29 is 9.59 Å². The van der Waals surface area contributed by atoms with Crippen LogP contribution in [0.3, 0.4) is 0 Å². The van der Waals surface area contributed by atoms with Crippen molar-refractivity contribution in [2.24, 2.45) is 5.92 Å². The Morgan fingerprint density at radius 3 is 2.50 bits per heavy atom. The Kier molecular flexibility index (Phi) is 9.08. The lowest BCUT2D eigenvalue weighted by molar-refractivity contribution is -0.117. The van der Waals surface area contributed by atoms with Crippen molar-refractivity contribution >= 4 is 42.3 Å². The Labute approximate surface area is 189 Å². The number of rotatable bonds is 6. The number of amides is 2. The third kappa shape index (κ3) is 6.42. The number of piperidine rings is 1. The number of nitrogens with zero attached hydrogens (tertiary/aromatic N) is 1. The molecule has 3 heterocycles. The lowest BCUT2D eigenvalue weighted by atomic mass is 9.89. The van der Waals surface area contributed by atoms with E-state index in [1.807, 2.05) is 24.3 Å². The second-order valence-corrected chi connectivity index (χ2v) is 7.81. The molecule has 2 aliphatic rings. The molecule has 4 rings (SSSR count). The van der Waals surface area contributed by atoms with Gasteiger partial charge < -0.3 is 16.0 Å². The van der Waals surface area contributed by atoms with Gasteiger partial charge in [0.25, 0.3) is 5.91 Å². The van der Waals surface area contributed by atoms with Gasteiger partial charge in [0.1, 0.15) is 0 Å². The summed E-state index contributed by atoms with van der Waals surface area (Å²) < 4.78 is 0. The fourth-order valence-electron chi connectivity index (χ4n) is 4.33. The number of carbonyl (C=O) groups excluding carboxylic acids is 2. The predicted octanol–water partition coefficient (Wildman–Crippen LogP) is 3.71. The van der Waals surface area contributed by atoms with E-state index in [0.29, 0.717) is 42.2 Å². The van der Waals surface area contributed by atoms with Crippen LogP contribution >= 0.6 is 24.8 Å². The van der Waals surface area contributed by atoms with Crippen molar-refractivity contribution in [3.05, 3.63) is 59.9 Å². The summed E-state index contributed by atoms with van der Waals surface area (Å²) in [6.07, 6.45) is 6.88. The molecule has 0 radical (unpaired) electrons. The van der Waals surface area contributed by atoms with Crippen LogP contribution in [-0.2, 0) is 11.3 Å². The molecule has 2 aliphatic heterocycles. The number of aromatic nitrogens is 1. The minimum atomic E-state index is -0.184. The summed E-state index contributed by atoms with van der Waals surface area (Å²) in [5.41, 5.74) is 1.98. The van der Waals surface area contributed by atoms with Gasteiger partial charge in [-0.1, -0.05) is 12.1 Å². The summed E-state index contributed by atoms with van der Waals surface area (Å²) in [5, 5.41) is 9.42. The van der Waals surface area contributed by atoms with Gasteiger partial charge in [-0.15, -0.1) is 24.8 Å². The molecular formula is C22H28Cl2N4O2. The smallest absolute Gasteiger partial charge is 0.251 e. The van der Waals surface area contributed by atoms with Gasteiger partial charge in [-0.2, -0.15) is 0 Å². The van der Waals surface area contributed by atoms with Crippen molar-refractivity contribution in [3.8, 4) is 0 Å². The minimum Gasteiger partial charge on any atom is -0.346 e. The molecule has 2 aromatic rings. The molecule has 2 amide bonds. The number of halogens is 2. The molecule has 2 unspecified atom stereocenters. The van der Waals surface area contributed by atoms with E-state index in [2.05, 4.69) is 20.9 Å². The zero-order valence-electron chi connectivity index (χ0n) is 16.7. The standard InChI is InChI=1S/C22H26N4O2.2ClH/c27-21(12-15-10-18-7-8-19(11-15)25-18)26-17-6-3-4-16(13-17)22(28)24-14-20-5-1-2-9-23-20;;/h1-6,9,13,15,18-19,25H,7-8,10-12,14H2,(H,24,28)(H,26,27);2*1H. The largest absolute Gasteiger partial charge is 0.346 e. The third-order valence-electron chi connectivity index (χ3n) is 5.61. The average Bonchev–Trinajstić information content (AvgIpc) is 3.05. The molecule has 2 bridgehead atoms. The quantitative estimate of drug-likeness (QED) is 0.625. The fraction of sp³-hybridized carbons (Fsp3) is 0.409. The number of carbonyl (C=O) groups is 2. The lowest BCUT2D eigenvalue weighted by Crippen LogP contribution is -2.39. The van der Waals surface area contributed by atoms with Gasteiger partial charge in [0.05, 0.1) is 12.2 Å². The number of hydrogen-bond donors (Lipinski definition) is 3. The van der Waals surface area contributed by atoms with Crippen molar-refractivity contribution in [1.29, 1.82) is 0 Å². The minimum absolute atomic E-state index is 0. The van der Waals surface area contributed by atoms with E-state index in [-0.39, 0.29) is 36.6 Å². The number of fused-ring (bicyclic) bond motifs is 2. The first kappa shape index (κ1) is 24.1. The molecule has 6 nitrogen and oxygen atoms in total. The van der Waals surface area contributed by atoms with E-state index in [4.69, 9.17) is 0 Å². The highest BCUT2D eigenvalue weighted by molar-refractivity contribution is 5.97. The van der Waals surface area contributed by atoms with Crippen molar-refractivity contribution in [3.63, 3.8) is 0 Å². The average molecular weight is 451 g/mol. The molecule has 0 saturated carbocycles. The zero-order valence-corrected chi connectivity index (χ0v) is 18.3. The second-order valence-electron chi connectivity index (χ2n) is 7.81. The van der Waals surface area contributed by atoms with E-state index in [0.717, 1.165) is 18.5 Å². The van der Waals surface area contributed by atoms with Gasteiger partial charge in [-0.3, -0.25) is 14.6 Å². The Morgan fingerprint density at radius 2 is 1.80 bits per heavy atom. The van der Waals surface area contributed by atoms with Crippen LogP contribution in [0.2, 0.25) is 0 Å². The van der Waals surface area contributed by atoms with Gasteiger partial charge in [-0.25, -0.2) is 0 Å². The van der Waals surface area contributed by atoms with Gasteiger partial charge in [0, 0.05) is 36.0 Å². The van der Waals surface area contributed by atoms with Crippen LogP contribution in [0, 0.1) is 5.92 Å². The first-order valence-corrected chi connectivity index (χ1v) is 10.00. The molecule has 30 heavy (non-hydrogen) atoms. The molecule has 2 saturated heterocycles. The number of nitrogens with one attached hydrogen (secondary N) is 3. The van der Waals surface area contributed by atoms with Crippen molar-refractivity contribution in [2.75, 3.05) is 5.32 Å².